The fourth-order valence-corrected chi connectivity index (χ4v) is 9.17. The smallest absolute Gasteiger partial charge is 1.00 e. The third kappa shape index (κ3) is 118. The fourth-order valence-electron chi connectivity index (χ4n) is 9.17. The van der Waals surface area contributed by atoms with Crippen LogP contribution in [-0.4, -0.2) is 89.5 Å². The van der Waals surface area contributed by atoms with Crippen LogP contribution in [0.3, 0.4) is 0 Å². The van der Waals surface area contributed by atoms with Crippen molar-refractivity contribution in [2.24, 2.45) is 5.73 Å². The van der Waals surface area contributed by atoms with Crippen LogP contribution in [0.15, 0.2) is 97.2 Å². The summed E-state index contributed by atoms with van der Waals surface area (Å²) in [5.41, 5.74) is 4.69. The van der Waals surface area contributed by atoms with Crippen LogP contribution in [0.2, 0.25) is 0 Å². The largest absolute Gasteiger partial charge is 1.00 e. The monoisotopic (exact) mass is 1320 g/mol. The van der Waals surface area contributed by atoms with Crippen molar-refractivity contribution in [3.05, 3.63) is 97.2 Å². The number of carbonyl (C=O) groups is 3. The van der Waals surface area contributed by atoms with Gasteiger partial charge in [-0.15, -0.1) is 0 Å². The van der Waals surface area contributed by atoms with Crippen molar-refractivity contribution in [1.82, 2.24) is 16.0 Å². The maximum atomic E-state index is 10.8. The van der Waals surface area contributed by atoms with Gasteiger partial charge in [-0.05, 0) is 174 Å². The molecule has 0 fully saturated rings. The van der Waals surface area contributed by atoms with Gasteiger partial charge in [0.1, 0.15) is 0 Å². The summed E-state index contributed by atoms with van der Waals surface area (Å²) in [6.45, 7) is 12.5. The van der Waals surface area contributed by atoms with Gasteiger partial charge in [-0.25, -0.2) is 14.4 Å². The number of nitrogens with two attached hydrogens (primary N) is 1. The number of halogens is 1. The van der Waals surface area contributed by atoms with E-state index < -0.39 is 5.43 Å². The summed E-state index contributed by atoms with van der Waals surface area (Å²) < 4.78 is 12.9. The number of alkyl carbamates (subject to hydrolysis) is 2. The molecule has 0 radical (unpaired) electrons. The first-order chi connectivity index (χ1) is 44.2. The Morgan fingerprint density at radius 1 is 0.326 bits per heavy atom. The number of hydrogen-bond donors (Lipinski definition) is 4. The molecule has 0 aromatic rings. The molecule has 0 bridgehead atoms. The Kier molecular flexibility index (Phi) is 117. The van der Waals surface area contributed by atoms with E-state index in [1.165, 1.54) is 298 Å². The average Bonchev–Trinajstić information content (AvgIpc) is 3.56. The van der Waals surface area contributed by atoms with Gasteiger partial charge in [-0.2, -0.15) is 0 Å². The van der Waals surface area contributed by atoms with Crippen molar-refractivity contribution in [2.45, 2.75) is 336 Å². The topological polar surface area (TPSA) is 141 Å². The van der Waals surface area contributed by atoms with Crippen molar-refractivity contribution in [2.75, 3.05) is 54.6 Å². The van der Waals surface area contributed by atoms with Crippen LogP contribution in [0.1, 0.15) is 337 Å². The van der Waals surface area contributed by atoms with Crippen LogP contribution in [-0.2, 0) is 14.2 Å². The van der Waals surface area contributed by atoms with E-state index >= 15 is 0 Å². The zero-order valence-electron chi connectivity index (χ0n) is 62.4. The van der Waals surface area contributed by atoms with E-state index in [4.69, 9.17) is 5.73 Å². The molecular formula is C79H153AlClLiN4O6. The third-order valence-electron chi connectivity index (χ3n) is 14.9. The number of allylic oxidation sites excluding steroid dienone is 16. The summed E-state index contributed by atoms with van der Waals surface area (Å²) in [6.07, 6.45) is 97.7. The number of rotatable bonds is 59. The predicted molar refractivity (Wildman–Crippen MR) is 411 cm³/mol. The Morgan fingerprint density at radius 2 is 0.522 bits per heavy atom. The predicted octanol–water partition coefficient (Wildman–Crippen LogP) is 21.0. The molecule has 0 aromatic heterocycles. The first-order valence-electron chi connectivity index (χ1n) is 37.1. The summed E-state index contributed by atoms with van der Waals surface area (Å²) in [7, 11) is 6.05. The first-order valence-corrected chi connectivity index (χ1v) is 37.5. The molecule has 0 aliphatic carbocycles. The van der Waals surface area contributed by atoms with Crippen LogP contribution in [0.5, 0.6) is 0 Å². The first kappa shape index (κ1) is 103. The summed E-state index contributed by atoms with van der Waals surface area (Å²) >= 11 is 4.60. The summed E-state index contributed by atoms with van der Waals surface area (Å²) in [5, 5.41) is 8.61. The van der Waals surface area contributed by atoms with Crippen LogP contribution in [0.25, 0.3) is 0 Å². The number of carbonyl (C=O) groups excluding carboxylic acids is 3. The van der Waals surface area contributed by atoms with E-state index in [2.05, 4.69) is 167 Å². The number of methoxy groups -OCH3 is 3. The van der Waals surface area contributed by atoms with Crippen molar-refractivity contribution in [3.63, 3.8) is 0 Å². The molecule has 13 heteroatoms. The Morgan fingerprint density at radius 3 is 0.717 bits per heavy atom. The van der Waals surface area contributed by atoms with E-state index in [9.17, 15) is 14.4 Å². The van der Waals surface area contributed by atoms with Crippen molar-refractivity contribution < 1.29 is 48.9 Å². The van der Waals surface area contributed by atoms with E-state index in [1.54, 1.807) is 0 Å². The second kappa shape index (κ2) is 104. The van der Waals surface area contributed by atoms with E-state index in [0.29, 0.717) is 0 Å². The van der Waals surface area contributed by atoms with Gasteiger partial charge in [0, 0.05) is 24.7 Å². The third-order valence-corrected chi connectivity index (χ3v) is 15.0. The molecule has 10 nitrogen and oxygen atoms in total. The van der Waals surface area contributed by atoms with Gasteiger partial charge < -0.3 is 37.3 Å². The Bertz CT molecular complexity index is 1570. The second-order valence-electron chi connectivity index (χ2n) is 23.5. The zero-order valence-corrected chi connectivity index (χ0v) is 62.2. The molecule has 0 rings (SSSR count). The molecule has 0 heterocycles. The molecule has 92 heavy (non-hydrogen) atoms. The molecular weight excluding hydrogens is 1170 g/mol. The van der Waals surface area contributed by atoms with Gasteiger partial charge >= 0.3 is 36.5 Å². The molecule has 0 unspecified atom stereocenters. The van der Waals surface area contributed by atoms with Gasteiger partial charge in [-0.1, -0.05) is 279 Å². The normalized spacial score (nSPS) is 11.1. The number of hydrogen-bond acceptors (Lipinski definition) is 8. The zero-order chi connectivity index (χ0) is 67.1. The molecule has 2 amide bonds. The fraction of sp³-hybridized carbons (Fsp3) is 0.759. The van der Waals surface area contributed by atoms with Crippen molar-refractivity contribution >= 4 is 46.6 Å². The van der Waals surface area contributed by atoms with Crippen LogP contribution in [0, 0.1) is 0 Å². The SMILES string of the molecule is CCCCC/C=C\C/C=C\CCCCCCCCN.CCCCC/C=C\C/C=C\CCCCCCCCNC.CCCCC/C=C\C/C=C\CCCCCCCCNC(=O)OC.CCCCC/C=C\C/C=C\CCCCCCCCNC(=O)OC.COC(=O)Cl.[AlH3].[H-].[Li+]. The summed E-state index contributed by atoms with van der Waals surface area (Å²) in [6, 6.07) is 0. The maximum absolute atomic E-state index is 10.8. The number of nitrogens with one attached hydrogen (secondary N) is 3. The average molecular weight is 1320 g/mol. The molecule has 5 N–H and O–H groups in total. The Labute approximate surface area is 600 Å². The van der Waals surface area contributed by atoms with E-state index in [-0.39, 0.29) is 49.8 Å². The van der Waals surface area contributed by atoms with Crippen molar-refractivity contribution in [1.29, 1.82) is 0 Å². The van der Waals surface area contributed by atoms with Crippen LogP contribution in [0.4, 0.5) is 14.4 Å². The number of amides is 2. The van der Waals surface area contributed by atoms with Gasteiger partial charge in [0.2, 0.25) is 0 Å². The van der Waals surface area contributed by atoms with Gasteiger partial charge in [0.15, 0.2) is 17.4 Å². The van der Waals surface area contributed by atoms with Gasteiger partial charge in [-0.3, -0.25) is 0 Å². The van der Waals surface area contributed by atoms with E-state index in [0.717, 1.165) is 58.2 Å². The molecule has 0 atom stereocenters. The quantitative estimate of drug-likeness (QED) is 0.0155. The number of unbranched alkanes of at least 4 members (excludes halogenated alkanes) is 36. The standard InChI is InChI=1S/2C20H37NO2.C19H37N.C18H35N.C2H3ClO2.Al.Li.4H/c2*1-3-4-5-6-7-8-9-10-11-12-13-14-15-16-17-18-19-21-20(22)23-2;1-3-4-5-6-7-8-9-10-11-12-13-14-15-16-17-18-19-20-2;1-2-3-4-5-6-7-8-9-10-11-12-13-14-15-16-17-18-19;1-5-2(3)4;;;;;;/h2*7-8,10-11H,3-6,9,12-19H2,1-2H3,(H,21,22);7-8,10-11,20H,3-6,9,12-19H2,1-2H3;6-7,9-10H,2-5,8,11-19H2,1H3;1H3;;;;;;/q;;;;;;+1;;;;-1/b3*8-7-,11-10-;7-6-,10-9-;;;;;;;. The Hall–Kier alpha value is -2.73. The molecule has 0 aromatic carbocycles. The Balaban J connectivity index is -0.000000167. The van der Waals surface area contributed by atoms with Crippen molar-refractivity contribution in [3.8, 4) is 0 Å². The molecule has 0 saturated heterocycles. The van der Waals surface area contributed by atoms with Crippen LogP contribution >= 0.6 is 11.6 Å². The summed E-state index contributed by atoms with van der Waals surface area (Å²) in [5.74, 6) is 0. The number of ether oxygens (including phenoxy) is 3. The van der Waals surface area contributed by atoms with E-state index in [1.807, 2.05) is 7.05 Å². The second-order valence-corrected chi connectivity index (χ2v) is 23.8. The molecule has 0 saturated carbocycles. The molecule has 0 aliphatic rings. The molecule has 0 aliphatic heterocycles. The molecule has 0 spiro atoms. The minimum Gasteiger partial charge on any atom is -1.00 e. The van der Waals surface area contributed by atoms with Gasteiger partial charge in [0.05, 0.1) is 21.3 Å². The van der Waals surface area contributed by atoms with Crippen LogP contribution < -0.4 is 40.5 Å². The van der Waals surface area contributed by atoms with Gasteiger partial charge in [0.25, 0.3) is 0 Å². The summed E-state index contributed by atoms with van der Waals surface area (Å²) in [4.78, 5) is 31.0. The maximum Gasteiger partial charge on any atom is 1.00 e. The molecule has 536 valence electrons. The minimum atomic E-state index is -0.773. The minimum absolute atomic E-state index is 0.